The summed E-state index contributed by atoms with van der Waals surface area (Å²) in [6.45, 7) is 36.3. The van der Waals surface area contributed by atoms with E-state index in [1.165, 1.54) is 89.2 Å². The Morgan fingerprint density at radius 3 is 1.64 bits per heavy atom. The molecular weight excluding hydrogens is 1740 g/mol. The summed E-state index contributed by atoms with van der Waals surface area (Å²) < 4.78 is 23.9. The van der Waals surface area contributed by atoms with Crippen molar-refractivity contribution in [2.45, 2.75) is 205 Å². The first kappa shape index (κ1) is 112. The van der Waals surface area contributed by atoms with E-state index >= 15 is 0 Å². The van der Waals surface area contributed by atoms with Crippen molar-refractivity contribution in [1.29, 1.82) is 0 Å². The van der Waals surface area contributed by atoms with Crippen LogP contribution in [-0.2, 0) is 64.2 Å². The van der Waals surface area contributed by atoms with E-state index in [0.717, 1.165) is 73.4 Å². The van der Waals surface area contributed by atoms with Gasteiger partial charge >= 0.3 is 0 Å². The van der Waals surface area contributed by atoms with Crippen LogP contribution >= 0.6 is 11.6 Å². The number of benzene rings is 8. The first-order valence-electron chi connectivity index (χ1n) is 48.9. The molecule has 4 unspecified atom stereocenters. The maximum absolute atomic E-state index is 11.8. The summed E-state index contributed by atoms with van der Waals surface area (Å²) in [5.74, 6) is 11.1. The summed E-state index contributed by atoms with van der Waals surface area (Å²) in [6.07, 6.45) is 22.5. The summed E-state index contributed by atoms with van der Waals surface area (Å²) in [4.78, 5) is 81.4. The van der Waals surface area contributed by atoms with Gasteiger partial charge in [0.1, 0.15) is 29.6 Å². The number of carbonyl (C=O) groups excluding carboxylic acids is 6. The van der Waals surface area contributed by atoms with Crippen LogP contribution in [0.2, 0.25) is 5.02 Å². The Hall–Kier alpha value is -12.6. The molecule has 22 nitrogen and oxygen atoms in total. The third kappa shape index (κ3) is 44.7. The topological polar surface area (TPSA) is 293 Å². The fraction of sp³-hybridized carbons (Fsp3) is 0.400. The first-order chi connectivity index (χ1) is 66.6. The minimum Gasteiger partial charge on any atom is -0.492 e. The van der Waals surface area contributed by atoms with Crippen LogP contribution in [0.5, 0.6) is 23.0 Å². The SMILES string of the molecule is CC(C)(C)C(=O)NCCc1ccccc1.CC(C)CNC(=O)COc1ccc(Cl)cc1.CC(C)CNC(=O)c1ccncc1.CC(COc1ccccc1)NN.CC1=CC(C(=O)NCCc2ccccc2)=NC1.CCC(C)CCc1ccc2c(c1)OCO2.CCC(C)Cc1ccccc1.Cc1ccc2c(c1)c1c3n2CCNC3CCC1.O=C(CCCNC(=O)c1ccncc1)CCc1ccccc1. The second-order valence-corrected chi connectivity index (χ2v) is 37.3. The number of fused-ring (bicyclic) bond motifs is 4. The number of nitrogens with one attached hydrogen (secondary N) is 7. The molecule has 1 aliphatic carbocycles. The van der Waals surface area contributed by atoms with Crippen molar-refractivity contribution in [2.75, 3.05) is 65.8 Å². The van der Waals surface area contributed by atoms with Crippen LogP contribution < -0.4 is 62.1 Å². The van der Waals surface area contributed by atoms with Crippen molar-refractivity contribution in [3.05, 3.63) is 334 Å². The van der Waals surface area contributed by atoms with E-state index in [9.17, 15) is 28.8 Å². The van der Waals surface area contributed by atoms with Crippen LogP contribution in [0, 0.1) is 36.0 Å². The number of halogens is 1. The van der Waals surface area contributed by atoms with Gasteiger partial charge in [-0.1, -0.05) is 258 Å². The number of aryl methyl sites for hydroxylation is 4. The number of aliphatic imine (C=N–C) groups is 1. The third-order valence-electron chi connectivity index (χ3n) is 22.8. The molecule has 11 aromatic rings. The molecule has 5 amide bonds. The lowest BCUT2D eigenvalue weighted by atomic mass is 9.90. The number of hydrogen-bond acceptors (Lipinski definition) is 16. The lowest BCUT2D eigenvalue weighted by molar-refractivity contribution is -0.128. The standard InChI is InChI=1S/C18H20N2O2.C15H18N2.C14H16N2O.C13H19NO.C13H18O2.C12H16ClNO2.C11H16.C10H14N2O.C9H14N2O/c21-17(9-8-15-5-2-1-3-6-15)7-4-12-20-18(22)16-10-13-19-14-11-16;1-10-5-6-14-12(9-10)11-3-2-4-13-15(11)17(14)8-7-16-13;1-11-9-13(16-10-11)14(17)15-8-7-12-5-3-2-4-6-12;1-13(2,3)12(15)14-10-9-11-7-5-4-6-8-11;1-3-10(2)4-5-11-6-7-12-13(8-11)15-9-14-12;1-9(2)7-14-12(15)8-16-11-5-3-10(13)4-6-11;1-3-10(2)9-11-7-5-4-6-8-11;1-8(2)7-12-10(13)9-3-5-11-6-4-9;1-8(11-10)7-12-9-5-3-2-4-6-9/h1-3,5-6,10-11,13-14H,4,7-9,12H2,(H,20,22);5-6,9,13,16H,2-4,7-8H2,1H3;2-6,9H,7-8,10H2,1H3,(H,15,17);4-8H,9-10H2,1-3H3,(H,14,15);6-8,10H,3-5,9H2,1-2H3;3-6,9H,7-8H2,1-2H3,(H,14,15);4-8,10H,3,9H2,1-2H3;3-6,8H,7H2,1-2H3,(H,12,13);2-6,8,11H,7,10H2,1H3. The van der Waals surface area contributed by atoms with Gasteiger partial charge in [0.05, 0.1) is 12.6 Å². The number of nitrogens with two attached hydrogens (primary N) is 1. The maximum Gasteiger partial charge on any atom is 0.269 e. The molecule has 0 radical (unpaired) electrons. The number of amides is 5. The van der Waals surface area contributed by atoms with E-state index in [1.807, 2.05) is 158 Å². The number of para-hydroxylation sites is 1. The summed E-state index contributed by atoms with van der Waals surface area (Å²) >= 11 is 5.72. The largest absolute Gasteiger partial charge is 0.492 e. The maximum atomic E-state index is 11.8. The highest BCUT2D eigenvalue weighted by Crippen LogP contribution is 2.39. The molecule has 8 aromatic carbocycles. The lowest BCUT2D eigenvalue weighted by Crippen LogP contribution is -2.36. The van der Waals surface area contributed by atoms with Crippen molar-refractivity contribution >= 4 is 63.5 Å². The zero-order valence-corrected chi connectivity index (χ0v) is 84.6. The number of hydrogen-bond donors (Lipinski definition) is 8. The van der Waals surface area contributed by atoms with Crippen molar-refractivity contribution < 1.29 is 47.7 Å². The normalized spacial score (nSPS) is 13.3. The van der Waals surface area contributed by atoms with Crippen LogP contribution in [0.25, 0.3) is 10.9 Å². The monoisotopic (exact) mass is 1900 g/mol. The summed E-state index contributed by atoms with van der Waals surface area (Å²) in [6, 6.07) is 78.3. The predicted octanol–water partition coefficient (Wildman–Crippen LogP) is 21.4. The van der Waals surface area contributed by atoms with Crippen molar-refractivity contribution in [3.8, 4) is 23.0 Å². The number of carbonyl (C=O) groups is 6. The molecule has 0 saturated carbocycles. The molecule has 0 saturated heterocycles. The molecule has 23 heteroatoms. The molecule has 6 heterocycles. The highest BCUT2D eigenvalue weighted by atomic mass is 35.5. The van der Waals surface area contributed by atoms with Crippen LogP contribution in [0.15, 0.2) is 278 Å². The molecular formula is C115H151ClN12O10. The minimum atomic E-state index is -0.295. The Morgan fingerprint density at radius 1 is 0.551 bits per heavy atom. The predicted molar refractivity (Wildman–Crippen MR) is 563 cm³/mol. The number of ketones is 1. The van der Waals surface area contributed by atoms with Gasteiger partial charge in [-0.3, -0.25) is 55.0 Å². The summed E-state index contributed by atoms with van der Waals surface area (Å²) in [5, 5.41) is 20.1. The number of aromatic nitrogens is 3. The Balaban J connectivity index is 0.000000213. The fourth-order valence-electron chi connectivity index (χ4n) is 14.3. The van der Waals surface area contributed by atoms with Gasteiger partial charge in [0.25, 0.3) is 23.6 Å². The van der Waals surface area contributed by atoms with Gasteiger partial charge in [0.2, 0.25) is 12.7 Å². The van der Waals surface area contributed by atoms with Gasteiger partial charge in [-0.25, -0.2) is 0 Å². The molecule has 3 aromatic heterocycles. The van der Waals surface area contributed by atoms with E-state index < -0.39 is 0 Å². The van der Waals surface area contributed by atoms with Crippen molar-refractivity contribution in [3.63, 3.8) is 0 Å². The Morgan fingerprint density at radius 2 is 1.09 bits per heavy atom. The molecule has 4 aliphatic rings. The number of Topliss-reactive ketones (excluding diaryl/α,β-unsaturated/α-hetero) is 1. The van der Waals surface area contributed by atoms with E-state index in [1.54, 1.807) is 84.6 Å². The number of pyridine rings is 2. The quantitative estimate of drug-likeness (QED) is 0.0106. The summed E-state index contributed by atoms with van der Waals surface area (Å²) in [7, 11) is 0. The van der Waals surface area contributed by atoms with Crippen LogP contribution in [0.4, 0.5) is 0 Å². The zero-order chi connectivity index (χ0) is 99.7. The molecule has 738 valence electrons. The van der Waals surface area contributed by atoms with Crippen LogP contribution in [-0.4, -0.2) is 127 Å². The van der Waals surface area contributed by atoms with Crippen molar-refractivity contribution in [1.82, 2.24) is 51.9 Å². The third-order valence-corrected chi connectivity index (χ3v) is 23.1. The second kappa shape index (κ2) is 63.7. The fourth-order valence-corrected chi connectivity index (χ4v) is 14.5. The van der Waals surface area contributed by atoms with Gasteiger partial charge in [-0.2, -0.15) is 0 Å². The van der Waals surface area contributed by atoms with Gasteiger partial charge in [-0.15, -0.1) is 0 Å². The molecule has 138 heavy (non-hydrogen) atoms. The first-order valence-corrected chi connectivity index (χ1v) is 49.3. The Kier molecular flexibility index (Phi) is 51.9. The zero-order valence-electron chi connectivity index (χ0n) is 83.9. The molecule has 3 aliphatic heterocycles. The van der Waals surface area contributed by atoms with Gasteiger partial charge in [0, 0.05) is 128 Å². The highest BCUT2D eigenvalue weighted by molar-refractivity contribution is 6.44. The highest BCUT2D eigenvalue weighted by Gasteiger charge is 2.30. The van der Waals surface area contributed by atoms with Gasteiger partial charge in [-0.05, 0) is 239 Å². The number of ether oxygens (including phenoxy) is 4. The van der Waals surface area contributed by atoms with E-state index in [2.05, 4.69) is 190 Å². The van der Waals surface area contributed by atoms with Crippen LogP contribution in [0.3, 0.4) is 0 Å². The van der Waals surface area contributed by atoms with Gasteiger partial charge in [0.15, 0.2) is 18.1 Å². The van der Waals surface area contributed by atoms with E-state index in [-0.39, 0.29) is 53.4 Å². The minimum absolute atomic E-state index is 0.0314. The average molecular weight is 1900 g/mol. The van der Waals surface area contributed by atoms with E-state index in [0.29, 0.717) is 117 Å². The Bertz CT molecular complexity index is 5390. The number of hydrazine groups is 1. The summed E-state index contributed by atoms with van der Waals surface area (Å²) in [5.41, 5.74) is 17.8. The Labute approximate surface area is 826 Å². The van der Waals surface area contributed by atoms with Crippen LogP contribution in [0.1, 0.15) is 213 Å². The molecule has 9 N–H and O–H groups in total. The second-order valence-electron chi connectivity index (χ2n) is 36.9. The lowest BCUT2D eigenvalue weighted by Gasteiger charge is -2.31. The smallest absolute Gasteiger partial charge is 0.269 e. The number of rotatable bonds is 34. The molecule has 0 spiro atoms. The molecule has 0 bridgehead atoms. The average Bonchev–Trinajstić information content (AvgIpc) is 1.59. The number of nitrogens with zero attached hydrogens (tertiary/aromatic N) is 4. The molecule has 15 rings (SSSR count). The van der Waals surface area contributed by atoms with Crippen molar-refractivity contribution in [2.24, 2.45) is 39.9 Å². The molecule has 0 fully saturated rings. The molecule has 4 atom stereocenters. The van der Waals surface area contributed by atoms with Gasteiger partial charge < -0.3 is 55.4 Å². The van der Waals surface area contributed by atoms with E-state index in [4.69, 9.17) is 36.4 Å².